The molecular weight excluding hydrogens is 270 g/mol. The van der Waals surface area contributed by atoms with E-state index in [0.29, 0.717) is 11.4 Å². The van der Waals surface area contributed by atoms with E-state index in [1.165, 1.54) is 0 Å². The lowest BCUT2D eigenvalue weighted by molar-refractivity contribution is -0.118. The van der Waals surface area contributed by atoms with Gasteiger partial charge in [0.1, 0.15) is 5.75 Å². The molecule has 0 aromatic heterocycles. The summed E-state index contributed by atoms with van der Waals surface area (Å²) in [4.78, 5) is 11.4. The highest BCUT2D eigenvalue weighted by molar-refractivity contribution is 9.09. The van der Waals surface area contributed by atoms with Gasteiger partial charge in [-0.05, 0) is 12.8 Å². The fourth-order valence-electron chi connectivity index (χ4n) is 0.861. The number of alkyl halides is 1. The molecule has 0 aromatic rings. The van der Waals surface area contributed by atoms with E-state index < -0.39 is 21.5 Å². The third kappa shape index (κ3) is 8.50. The number of carbonyl (C=O) groups excluding carboxylic acids is 1. The summed E-state index contributed by atoms with van der Waals surface area (Å²) < 4.78 is 21.4. The van der Waals surface area contributed by atoms with Crippen LogP contribution in [-0.4, -0.2) is 37.7 Å². The number of sulfone groups is 1. The molecule has 0 fully saturated rings. The fourth-order valence-corrected chi connectivity index (χ4v) is 1.67. The van der Waals surface area contributed by atoms with E-state index in [-0.39, 0.29) is 0 Å². The van der Waals surface area contributed by atoms with Crippen molar-refractivity contribution in [3.63, 3.8) is 0 Å². The Balaban J connectivity index is 3.66. The lowest BCUT2D eigenvalue weighted by Gasteiger charge is -2.07. The Bertz CT molecular complexity index is 276. The Labute approximate surface area is 93.5 Å². The van der Waals surface area contributed by atoms with Gasteiger partial charge in [0.15, 0.2) is 9.84 Å². The van der Waals surface area contributed by atoms with Gasteiger partial charge in [-0.25, -0.2) is 8.42 Å². The molecule has 0 aliphatic carbocycles. The van der Waals surface area contributed by atoms with Crippen molar-refractivity contribution in [2.75, 3.05) is 18.6 Å². The predicted octanol–water partition coefficient (Wildman–Crippen LogP) is 0.711. The fraction of sp³-hybridized carbons (Fsp3) is 0.875. The number of hydrogen-bond acceptors (Lipinski definition) is 3. The molecule has 1 atom stereocenters. The maximum absolute atomic E-state index is 11.0. The van der Waals surface area contributed by atoms with Gasteiger partial charge in [0.25, 0.3) is 0 Å². The topological polar surface area (TPSA) is 63.2 Å². The van der Waals surface area contributed by atoms with Gasteiger partial charge >= 0.3 is 0 Å². The highest BCUT2D eigenvalue weighted by Gasteiger charge is 2.10. The number of rotatable bonds is 6. The van der Waals surface area contributed by atoms with Crippen LogP contribution >= 0.6 is 15.9 Å². The number of halogens is 1. The summed E-state index contributed by atoms with van der Waals surface area (Å²) in [6.07, 6.45) is 2.85. The van der Waals surface area contributed by atoms with Crippen LogP contribution in [0.25, 0.3) is 0 Å². The van der Waals surface area contributed by atoms with Crippen molar-refractivity contribution < 1.29 is 13.2 Å². The molecule has 0 aliphatic rings. The zero-order chi connectivity index (χ0) is 11.2. The second-order valence-electron chi connectivity index (χ2n) is 3.21. The zero-order valence-electron chi connectivity index (χ0n) is 8.42. The molecule has 0 saturated carbocycles. The lowest BCUT2D eigenvalue weighted by Crippen LogP contribution is -2.31. The third-order valence-electron chi connectivity index (χ3n) is 1.62. The van der Waals surface area contributed by atoms with E-state index >= 15 is 0 Å². The average molecular weight is 286 g/mol. The summed E-state index contributed by atoms with van der Waals surface area (Å²) in [5.74, 6) is -0.852. The summed E-state index contributed by atoms with van der Waals surface area (Å²) in [6, 6.07) is 0. The van der Waals surface area contributed by atoms with Crippen LogP contribution in [-0.2, 0) is 14.6 Å². The average Bonchev–Trinajstić information content (AvgIpc) is 2.00. The normalized spacial score (nSPS) is 13.6. The van der Waals surface area contributed by atoms with E-state index in [2.05, 4.69) is 21.2 Å². The van der Waals surface area contributed by atoms with Gasteiger partial charge in [-0.2, -0.15) is 0 Å². The van der Waals surface area contributed by atoms with E-state index in [9.17, 15) is 13.2 Å². The molecule has 84 valence electrons. The first-order chi connectivity index (χ1) is 6.35. The maximum atomic E-state index is 11.0. The molecule has 6 heteroatoms. The lowest BCUT2D eigenvalue weighted by atomic mass is 10.2. The molecule has 0 spiro atoms. The first-order valence-electron chi connectivity index (χ1n) is 4.43. The number of hydrogen-bond donors (Lipinski definition) is 1. The van der Waals surface area contributed by atoms with Crippen molar-refractivity contribution in [2.24, 2.45) is 0 Å². The minimum Gasteiger partial charge on any atom is -0.355 e. The molecule has 1 N–H and O–H groups in total. The molecular formula is C8H16BrNO3S. The van der Waals surface area contributed by atoms with Gasteiger partial charge in [-0.3, -0.25) is 4.79 Å². The Hall–Kier alpha value is -0.100. The van der Waals surface area contributed by atoms with Gasteiger partial charge in [-0.1, -0.05) is 22.9 Å². The SMILES string of the molecule is CCC(Br)CCNC(=O)CS(C)(=O)=O. The minimum atomic E-state index is -3.20. The van der Waals surface area contributed by atoms with Gasteiger partial charge in [0, 0.05) is 17.6 Å². The molecule has 0 heterocycles. The molecule has 0 aromatic carbocycles. The minimum absolute atomic E-state index is 0.376. The molecule has 1 amide bonds. The molecule has 0 saturated heterocycles. The molecule has 14 heavy (non-hydrogen) atoms. The molecule has 0 rings (SSSR count). The van der Waals surface area contributed by atoms with Crippen molar-refractivity contribution in [1.82, 2.24) is 5.32 Å². The van der Waals surface area contributed by atoms with Crippen molar-refractivity contribution >= 4 is 31.7 Å². The van der Waals surface area contributed by atoms with Crippen LogP contribution in [0, 0.1) is 0 Å². The quantitative estimate of drug-likeness (QED) is 0.731. The standard InChI is InChI=1S/C8H16BrNO3S/c1-3-7(9)4-5-10-8(11)6-14(2,12)13/h7H,3-6H2,1-2H3,(H,10,11). The number of amides is 1. The first-order valence-corrected chi connectivity index (χ1v) is 7.41. The summed E-state index contributed by atoms with van der Waals surface area (Å²) >= 11 is 3.42. The smallest absolute Gasteiger partial charge is 0.235 e. The summed E-state index contributed by atoms with van der Waals surface area (Å²) in [6.45, 7) is 2.55. The van der Waals surface area contributed by atoms with Crippen LogP contribution in [0.4, 0.5) is 0 Å². The Morgan fingerprint density at radius 1 is 1.50 bits per heavy atom. The molecule has 0 bridgehead atoms. The van der Waals surface area contributed by atoms with Crippen molar-refractivity contribution in [2.45, 2.75) is 24.6 Å². The van der Waals surface area contributed by atoms with Gasteiger partial charge in [0.05, 0.1) is 0 Å². The maximum Gasteiger partial charge on any atom is 0.235 e. The third-order valence-corrected chi connectivity index (χ3v) is 3.51. The van der Waals surface area contributed by atoms with E-state index in [4.69, 9.17) is 0 Å². The molecule has 0 aliphatic heterocycles. The van der Waals surface area contributed by atoms with Crippen LogP contribution in [0.2, 0.25) is 0 Å². The van der Waals surface area contributed by atoms with Crippen LogP contribution in [0.1, 0.15) is 19.8 Å². The van der Waals surface area contributed by atoms with Crippen LogP contribution in [0.5, 0.6) is 0 Å². The monoisotopic (exact) mass is 285 g/mol. The Morgan fingerprint density at radius 2 is 2.07 bits per heavy atom. The zero-order valence-corrected chi connectivity index (χ0v) is 10.8. The van der Waals surface area contributed by atoms with Crippen molar-refractivity contribution in [1.29, 1.82) is 0 Å². The van der Waals surface area contributed by atoms with Gasteiger partial charge in [-0.15, -0.1) is 0 Å². The van der Waals surface area contributed by atoms with Crippen molar-refractivity contribution in [3.8, 4) is 0 Å². The van der Waals surface area contributed by atoms with Gasteiger partial charge in [0.2, 0.25) is 5.91 Å². The second-order valence-corrected chi connectivity index (χ2v) is 6.65. The van der Waals surface area contributed by atoms with E-state index in [0.717, 1.165) is 19.1 Å². The van der Waals surface area contributed by atoms with E-state index in [1.807, 2.05) is 6.92 Å². The van der Waals surface area contributed by atoms with Crippen LogP contribution < -0.4 is 5.32 Å². The van der Waals surface area contributed by atoms with Crippen LogP contribution in [0.15, 0.2) is 0 Å². The summed E-state index contributed by atoms with van der Waals surface area (Å²) in [5, 5.41) is 2.56. The predicted molar refractivity (Wildman–Crippen MR) is 60.3 cm³/mol. The van der Waals surface area contributed by atoms with E-state index in [1.54, 1.807) is 0 Å². The van der Waals surface area contributed by atoms with Crippen LogP contribution in [0.3, 0.4) is 0 Å². The largest absolute Gasteiger partial charge is 0.355 e. The molecule has 4 nitrogen and oxygen atoms in total. The number of carbonyl (C=O) groups is 1. The van der Waals surface area contributed by atoms with Crippen molar-refractivity contribution in [3.05, 3.63) is 0 Å². The Kier molecular flexibility index (Phi) is 6.35. The Morgan fingerprint density at radius 3 is 2.50 bits per heavy atom. The molecule has 0 radical (unpaired) electrons. The van der Waals surface area contributed by atoms with Gasteiger partial charge < -0.3 is 5.32 Å². The molecule has 1 unspecified atom stereocenters. The second kappa shape index (κ2) is 6.40. The summed E-state index contributed by atoms with van der Waals surface area (Å²) in [7, 11) is -3.20. The summed E-state index contributed by atoms with van der Waals surface area (Å²) in [5.41, 5.74) is 0. The highest BCUT2D eigenvalue weighted by atomic mass is 79.9. The highest BCUT2D eigenvalue weighted by Crippen LogP contribution is 2.07. The first kappa shape index (κ1) is 13.9. The number of nitrogens with one attached hydrogen (secondary N) is 1.